The molecule has 0 saturated heterocycles. The zero-order valence-corrected chi connectivity index (χ0v) is 10.7. The number of hydrogen-bond acceptors (Lipinski definition) is 5. The molecule has 9 heteroatoms. The van der Waals surface area contributed by atoms with E-state index in [1.807, 2.05) is 0 Å². The molecule has 0 atom stereocenters. The van der Waals surface area contributed by atoms with Crippen LogP contribution in [0, 0.1) is 15.9 Å². The molecule has 104 valence electrons. The van der Waals surface area contributed by atoms with Crippen molar-refractivity contribution in [2.24, 2.45) is 0 Å². The number of nitro benzene ring substituents is 1. The SMILES string of the molecule is CS(=O)(=O)CCC(=O)Nc1ccc(F)c([N+](=O)[O-])c1. The number of benzene rings is 1. The second kappa shape index (κ2) is 5.74. The van der Waals surface area contributed by atoms with Crippen molar-refractivity contribution >= 4 is 27.1 Å². The highest BCUT2D eigenvalue weighted by Gasteiger charge is 2.15. The van der Waals surface area contributed by atoms with E-state index < -0.39 is 32.2 Å². The highest BCUT2D eigenvalue weighted by atomic mass is 32.2. The predicted molar refractivity (Wildman–Crippen MR) is 66.0 cm³/mol. The molecule has 0 unspecified atom stereocenters. The molecule has 0 heterocycles. The fraction of sp³-hybridized carbons (Fsp3) is 0.300. The first-order chi connectivity index (χ1) is 8.69. The largest absolute Gasteiger partial charge is 0.326 e. The standard InChI is InChI=1S/C10H11FN2O5S/c1-19(17,18)5-4-10(14)12-7-2-3-8(11)9(6-7)13(15)16/h2-3,6H,4-5H2,1H3,(H,12,14). The number of carbonyl (C=O) groups is 1. The lowest BCUT2D eigenvalue weighted by molar-refractivity contribution is -0.387. The average Bonchev–Trinajstić information content (AvgIpc) is 2.28. The fourth-order valence-electron chi connectivity index (χ4n) is 1.23. The van der Waals surface area contributed by atoms with Gasteiger partial charge < -0.3 is 5.32 Å². The van der Waals surface area contributed by atoms with Gasteiger partial charge in [0.25, 0.3) is 0 Å². The Morgan fingerprint density at radius 1 is 1.47 bits per heavy atom. The molecule has 0 saturated carbocycles. The van der Waals surface area contributed by atoms with Crippen molar-refractivity contribution in [2.45, 2.75) is 6.42 Å². The number of carbonyl (C=O) groups excluding carboxylic acids is 1. The van der Waals surface area contributed by atoms with Gasteiger partial charge in [0.1, 0.15) is 9.84 Å². The van der Waals surface area contributed by atoms with Gasteiger partial charge in [-0.05, 0) is 12.1 Å². The van der Waals surface area contributed by atoms with Gasteiger partial charge >= 0.3 is 5.69 Å². The van der Waals surface area contributed by atoms with Gasteiger partial charge in [-0.3, -0.25) is 14.9 Å². The summed E-state index contributed by atoms with van der Waals surface area (Å²) < 4.78 is 34.7. The first kappa shape index (κ1) is 15.0. The van der Waals surface area contributed by atoms with Crippen LogP contribution in [0.15, 0.2) is 18.2 Å². The Balaban J connectivity index is 2.75. The molecular formula is C10H11FN2O5S. The van der Waals surface area contributed by atoms with Gasteiger partial charge in [-0.15, -0.1) is 0 Å². The molecule has 19 heavy (non-hydrogen) atoms. The first-order valence-electron chi connectivity index (χ1n) is 5.10. The topological polar surface area (TPSA) is 106 Å². The number of nitrogens with one attached hydrogen (secondary N) is 1. The summed E-state index contributed by atoms with van der Waals surface area (Å²) in [6.45, 7) is 0. The molecule has 0 bridgehead atoms. The van der Waals surface area contributed by atoms with Gasteiger partial charge in [-0.25, -0.2) is 8.42 Å². The quantitative estimate of drug-likeness (QED) is 0.645. The van der Waals surface area contributed by atoms with E-state index in [1.165, 1.54) is 0 Å². The van der Waals surface area contributed by atoms with Crippen LogP contribution in [0.1, 0.15) is 6.42 Å². The molecule has 0 aliphatic heterocycles. The van der Waals surface area contributed by atoms with E-state index in [1.54, 1.807) is 0 Å². The minimum atomic E-state index is -3.27. The zero-order chi connectivity index (χ0) is 14.6. The molecule has 1 aromatic rings. The Bertz CT molecular complexity index is 614. The van der Waals surface area contributed by atoms with Crippen molar-refractivity contribution < 1.29 is 22.5 Å². The number of nitrogens with zero attached hydrogens (tertiary/aromatic N) is 1. The van der Waals surface area contributed by atoms with Crippen LogP contribution in [0.3, 0.4) is 0 Å². The molecule has 1 rings (SSSR count). The number of hydrogen-bond donors (Lipinski definition) is 1. The van der Waals surface area contributed by atoms with Crippen LogP contribution < -0.4 is 5.32 Å². The molecule has 0 spiro atoms. The maximum atomic E-state index is 13.0. The Kier molecular flexibility index (Phi) is 4.54. The molecule has 0 radical (unpaired) electrons. The Hall–Kier alpha value is -2.03. The Morgan fingerprint density at radius 3 is 2.63 bits per heavy atom. The van der Waals surface area contributed by atoms with E-state index in [-0.39, 0.29) is 17.9 Å². The molecule has 1 N–H and O–H groups in total. The van der Waals surface area contributed by atoms with Gasteiger partial charge in [-0.1, -0.05) is 0 Å². The van der Waals surface area contributed by atoms with Crippen LogP contribution in [0.5, 0.6) is 0 Å². The molecular weight excluding hydrogens is 279 g/mol. The van der Waals surface area contributed by atoms with Gasteiger partial charge in [0.2, 0.25) is 11.7 Å². The van der Waals surface area contributed by atoms with Crippen LogP contribution in [0.2, 0.25) is 0 Å². The van der Waals surface area contributed by atoms with E-state index in [2.05, 4.69) is 5.32 Å². The maximum Gasteiger partial charge on any atom is 0.306 e. The summed E-state index contributed by atoms with van der Waals surface area (Å²) >= 11 is 0. The lowest BCUT2D eigenvalue weighted by atomic mass is 10.2. The predicted octanol–water partition coefficient (Wildman–Crippen LogP) is 1.11. The van der Waals surface area contributed by atoms with Gasteiger partial charge in [0, 0.05) is 24.4 Å². The van der Waals surface area contributed by atoms with Gasteiger partial charge in [0.15, 0.2) is 0 Å². The Morgan fingerprint density at radius 2 is 2.11 bits per heavy atom. The van der Waals surface area contributed by atoms with E-state index in [4.69, 9.17) is 0 Å². The van der Waals surface area contributed by atoms with Crippen molar-refractivity contribution in [3.8, 4) is 0 Å². The number of amides is 1. The minimum Gasteiger partial charge on any atom is -0.326 e. The van der Waals surface area contributed by atoms with E-state index >= 15 is 0 Å². The summed E-state index contributed by atoms with van der Waals surface area (Å²) in [5.41, 5.74) is -0.729. The zero-order valence-electron chi connectivity index (χ0n) is 9.92. The fourth-order valence-corrected chi connectivity index (χ4v) is 1.79. The molecule has 0 aromatic heterocycles. The Labute approximate surface area is 108 Å². The molecule has 7 nitrogen and oxygen atoms in total. The van der Waals surface area contributed by atoms with Crippen LogP contribution in [0.25, 0.3) is 0 Å². The summed E-state index contributed by atoms with van der Waals surface area (Å²) in [6, 6.07) is 2.87. The summed E-state index contributed by atoms with van der Waals surface area (Å²) in [7, 11) is -3.27. The second-order valence-corrected chi connectivity index (χ2v) is 6.11. The van der Waals surface area contributed by atoms with E-state index in [0.717, 1.165) is 24.5 Å². The third-order valence-electron chi connectivity index (χ3n) is 2.13. The molecule has 1 aromatic carbocycles. The first-order valence-corrected chi connectivity index (χ1v) is 7.16. The van der Waals surface area contributed by atoms with Gasteiger partial charge in [0.05, 0.1) is 10.7 Å². The van der Waals surface area contributed by atoms with Crippen molar-refractivity contribution in [1.82, 2.24) is 0 Å². The lowest BCUT2D eigenvalue weighted by Crippen LogP contribution is -2.16. The number of halogens is 1. The third-order valence-corrected chi connectivity index (χ3v) is 3.07. The van der Waals surface area contributed by atoms with E-state index in [0.29, 0.717) is 0 Å². The van der Waals surface area contributed by atoms with Crippen molar-refractivity contribution in [3.05, 3.63) is 34.1 Å². The smallest absolute Gasteiger partial charge is 0.306 e. The van der Waals surface area contributed by atoms with Crippen LogP contribution in [0.4, 0.5) is 15.8 Å². The summed E-state index contributed by atoms with van der Waals surface area (Å²) in [6.07, 6.45) is 0.715. The van der Waals surface area contributed by atoms with E-state index in [9.17, 15) is 27.7 Å². The summed E-state index contributed by atoms with van der Waals surface area (Å²) in [4.78, 5) is 21.0. The molecule has 0 fully saturated rings. The highest BCUT2D eigenvalue weighted by Crippen LogP contribution is 2.21. The molecule has 1 amide bonds. The summed E-state index contributed by atoms with van der Waals surface area (Å²) in [5.74, 6) is -1.97. The number of sulfone groups is 1. The molecule has 0 aliphatic carbocycles. The van der Waals surface area contributed by atoms with Crippen molar-refractivity contribution in [2.75, 3.05) is 17.3 Å². The maximum absolute atomic E-state index is 13.0. The third kappa shape index (κ3) is 5.00. The number of anilines is 1. The van der Waals surface area contributed by atoms with Crippen LogP contribution >= 0.6 is 0 Å². The summed E-state index contributed by atoms with van der Waals surface area (Å²) in [5, 5.41) is 12.8. The normalized spacial score (nSPS) is 11.1. The highest BCUT2D eigenvalue weighted by molar-refractivity contribution is 7.90. The van der Waals surface area contributed by atoms with Crippen LogP contribution in [-0.4, -0.2) is 31.3 Å². The van der Waals surface area contributed by atoms with Crippen LogP contribution in [-0.2, 0) is 14.6 Å². The van der Waals surface area contributed by atoms with Gasteiger partial charge in [-0.2, -0.15) is 4.39 Å². The monoisotopic (exact) mass is 290 g/mol. The number of rotatable bonds is 5. The lowest BCUT2D eigenvalue weighted by Gasteiger charge is -2.04. The average molecular weight is 290 g/mol. The molecule has 0 aliphatic rings. The minimum absolute atomic E-state index is 0.0339. The number of nitro groups is 1. The van der Waals surface area contributed by atoms with Crippen molar-refractivity contribution in [1.29, 1.82) is 0 Å². The van der Waals surface area contributed by atoms with Crippen molar-refractivity contribution in [3.63, 3.8) is 0 Å². The second-order valence-electron chi connectivity index (χ2n) is 3.85.